The molecule has 63 heavy (non-hydrogen) atoms. The first-order chi connectivity index (χ1) is 31.0. The molecule has 0 radical (unpaired) electrons. The van der Waals surface area contributed by atoms with Crippen LogP contribution in [0.4, 0.5) is 0 Å². The first-order valence-corrected chi connectivity index (χ1v) is 26.8. The van der Waals surface area contributed by atoms with Gasteiger partial charge in [0, 0.05) is 19.3 Å². The Kier molecular flexibility index (Phi) is 49.4. The standard InChI is InChI=1S/C57H100O6/c1-4-7-10-13-15-17-19-21-23-24-25-26-27-28-29-30-31-32-34-35-37-39-41-44-47-50-56(59)62-53-54(52-61-55(58)49-46-43-12-9-6-3)63-57(60)51-48-45-42-40-38-36-33-22-20-18-16-14-11-8-5-2/h16,18-19,21-22,24-25,27-28,33,54H,4-15,17,20,23,26,29-32,34-53H2,1-3H3/b18-16-,21-19-,25-24-,28-27-,33-22-. The van der Waals surface area contributed by atoms with Crippen LogP contribution in [0.15, 0.2) is 60.8 Å². The summed E-state index contributed by atoms with van der Waals surface area (Å²) >= 11 is 0. The van der Waals surface area contributed by atoms with E-state index in [0.29, 0.717) is 19.3 Å². The van der Waals surface area contributed by atoms with E-state index in [1.807, 2.05) is 0 Å². The number of rotatable bonds is 48. The summed E-state index contributed by atoms with van der Waals surface area (Å²) in [6.07, 6.45) is 63.9. The highest BCUT2D eigenvalue weighted by Crippen LogP contribution is 2.14. The molecular weight excluding hydrogens is 781 g/mol. The molecule has 6 heteroatoms. The highest BCUT2D eigenvalue weighted by Gasteiger charge is 2.19. The first kappa shape index (κ1) is 60.1. The first-order valence-electron chi connectivity index (χ1n) is 26.8. The molecule has 0 heterocycles. The van der Waals surface area contributed by atoms with E-state index in [-0.39, 0.29) is 31.1 Å². The molecule has 0 aliphatic carbocycles. The Labute approximate surface area is 390 Å². The maximum atomic E-state index is 12.7. The van der Waals surface area contributed by atoms with E-state index < -0.39 is 6.10 Å². The Bertz CT molecular complexity index is 1150. The Morgan fingerprint density at radius 3 is 0.921 bits per heavy atom. The summed E-state index contributed by atoms with van der Waals surface area (Å²) < 4.78 is 16.7. The number of ether oxygens (including phenoxy) is 3. The fourth-order valence-electron chi connectivity index (χ4n) is 7.42. The lowest BCUT2D eigenvalue weighted by atomic mass is 10.1. The number of esters is 3. The normalized spacial score (nSPS) is 12.5. The van der Waals surface area contributed by atoms with E-state index in [1.54, 1.807) is 0 Å². The molecule has 0 aromatic rings. The third-order valence-electron chi connectivity index (χ3n) is 11.5. The molecule has 364 valence electrons. The van der Waals surface area contributed by atoms with E-state index in [1.165, 1.54) is 122 Å². The fourth-order valence-corrected chi connectivity index (χ4v) is 7.42. The molecule has 6 nitrogen and oxygen atoms in total. The highest BCUT2D eigenvalue weighted by atomic mass is 16.6. The number of hydrogen-bond donors (Lipinski definition) is 0. The smallest absolute Gasteiger partial charge is 0.306 e. The van der Waals surface area contributed by atoms with Crippen molar-refractivity contribution in [3.63, 3.8) is 0 Å². The molecule has 0 aliphatic rings. The largest absolute Gasteiger partial charge is 0.462 e. The van der Waals surface area contributed by atoms with Gasteiger partial charge in [0.2, 0.25) is 0 Å². The molecular formula is C57H100O6. The second kappa shape index (κ2) is 51.7. The lowest BCUT2D eigenvalue weighted by molar-refractivity contribution is -0.167. The summed E-state index contributed by atoms with van der Waals surface area (Å²) in [4.78, 5) is 37.7. The van der Waals surface area contributed by atoms with E-state index in [4.69, 9.17) is 14.2 Å². The second-order valence-electron chi connectivity index (χ2n) is 17.8. The summed E-state index contributed by atoms with van der Waals surface area (Å²) in [5.41, 5.74) is 0. The van der Waals surface area contributed by atoms with Crippen molar-refractivity contribution >= 4 is 17.9 Å². The van der Waals surface area contributed by atoms with E-state index in [0.717, 1.165) is 103 Å². The van der Waals surface area contributed by atoms with Gasteiger partial charge in [-0.05, 0) is 89.9 Å². The van der Waals surface area contributed by atoms with Crippen molar-refractivity contribution in [3.05, 3.63) is 60.8 Å². The maximum absolute atomic E-state index is 12.7. The number of carbonyl (C=O) groups is 3. The summed E-state index contributed by atoms with van der Waals surface area (Å²) in [5.74, 6) is -0.910. The van der Waals surface area contributed by atoms with Crippen LogP contribution in [0.3, 0.4) is 0 Å². The zero-order valence-electron chi connectivity index (χ0n) is 41.6. The van der Waals surface area contributed by atoms with Crippen molar-refractivity contribution in [2.45, 2.75) is 271 Å². The Balaban J connectivity index is 4.11. The third kappa shape index (κ3) is 50.0. The summed E-state index contributed by atoms with van der Waals surface area (Å²) in [5, 5.41) is 0. The van der Waals surface area contributed by atoms with Gasteiger partial charge in [-0.25, -0.2) is 0 Å². The van der Waals surface area contributed by atoms with Crippen molar-refractivity contribution in [1.82, 2.24) is 0 Å². The van der Waals surface area contributed by atoms with Crippen molar-refractivity contribution in [2.75, 3.05) is 13.2 Å². The van der Waals surface area contributed by atoms with Crippen LogP contribution in [0.25, 0.3) is 0 Å². The van der Waals surface area contributed by atoms with Crippen LogP contribution >= 0.6 is 0 Å². The molecule has 0 aromatic carbocycles. The molecule has 0 saturated heterocycles. The molecule has 0 saturated carbocycles. The van der Waals surface area contributed by atoms with Gasteiger partial charge < -0.3 is 14.2 Å². The van der Waals surface area contributed by atoms with Gasteiger partial charge in [0.25, 0.3) is 0 Å². The molecule has 0 fully saturated rings. The van der Waals surface area contributed by atoms with Gasteiger partial charge in [0.1, 0.15) is 13.2 Å². The lowest BCUT2D eigenvalue weighted by Crippen LogP contribution is -2.30. The zero-order chi connectivity index (χ0) is 45.8. The van der Waals surface area contributed by atoms with Gasteiger partial charge in [-0.3, -0.25) is 14.4 Å². The average molecular weight is 881 g/mol. The third-order valence-corrected chi connectivity index (χ3v) is 11.5. The van der Waals surface area contributed by atoms with Crippen LogP contribution in [0.5, 0.6) is 0 Å². The minimum absolute atomic E-state index is 0.0817. The second-order valence-corrected chi connectivity index (χ2v) is 17.8. The molecule has 0 N–H and O–H groups in total. The SMILES string of the molecule is CCCCC/C=C\C/C=C\CCCCCCCC(=O)OC(COC(=O)CCCCCCC)COC(=O)CCCCCCCCCCCC/C=C\C/C=C\C/C=C\CCCCCCC. The number of unbranched alkanes of at least 4 members (excludes halogenated alkanes) is 27. The number of hydrogen-bond acceptors (Lipinski definition) is 6. The number of allylic oxidation sites excluding steroid dienone is 10. The average Bonchev–Trinajstić information content (AvgIpc) is 3.28. The molecule has 0 amide bonds. The topological polar surface area (TPSA) is 78.9 Å². The monoisotopic (exact) mass is 881 g/mol. The van der Waals surface area contributed by atoms with Gasteiger partial charge in [-0.1, -0.05) is 216 Å². The van der Waals surface area contributed by atoms with Crippen molar-refractivity contribution in [2.24, 2.45) is 0 Å². The van der Waals surface area contributed by atoms with Gasteiger partial charge in [-0.2, -0.15) is 0 Å². The van der Waals surface area contributed by atoms with E-state index >= 15 is 0 Å². The van der Waals surface area contributed by atoms with Crippen molar-refractivity contribution in [3.8, 4) is 0 Å². The van der Waals surface area contributed by atoms with Crippen LogP contribution in [-0.2, 0) is 28.6 Å². The van der Waals surface area contributed by atoms with Crippen molar-refractivity contribution < 1.29 is 28.6 Å². The van der Waals surface area contributed by atoms with Crippen LogP contribution in [-0.4, -0.2) is 37.2 Å². The van der Waals surface area contributed by atoms with E-state index in [9.17, 15) is 14.4 Å². The summed E-state index contributed by atoms with van der Waals surface area (Å²) in [7, 11) is 0. The van der Waals surface area contributed by atoms with Gasteiger partial charge >= 0.3 is 17.9 Å². The molecule has 0 aliphatic heterocycles. The van der Waals surface area contributed by atoms with Gasteiger partial charge in [0.15, 0.2) is 6.10 Å². The van der Waals surface area contributed by atoms with Crippen LogP contribution < -0.4 is 0 Å². The molecule has 0 spiro atoms. The molecule has 1 atom stereocenters. The Morgan fingerprint density at radius 2 is 0.571 bits per heavy atom. The quantitative estimate of drug-likeness (QED) is 0.0262. The lowest BCUT2D eigenvalue weighted by Gasteiger charge is -2.18. The predicted octanol–water partition coefficient (Wildman–Crippen LogP) is 17.6. The highest BCUT2D eigenvalue weighted by molar-refractivity contribution is 5.71. The fraction of sp³-hybridized carbons (Fsp3) is 0.772. The van der Waals surface area contributed by atoms with E-state index in [2.05, 4.69) is 81.5 Å². The Morgan fingerprint density at radius 1 is 0.317 bits per heavy atom. The maximum Gasteiger partial charge on any atom is 0.306 e. The number of carbonyl (C=O) groups excluding carboxylic acids is 3. The molecule has 0 bridgehead atoms. The molecule has 0 rings (SSSR count). The molecule has 0 aromatic heterocycles. The van der Waals surface area contributed by atoms with Gasteiger partial charge in [-0.15, -0.1) is 0 Å². The minimum atomic E-state index is -0.778. The zero-order valence-corrected chi connectivity index (χ0v) is 41.6. The van der Waals surface area contributed by atoms with Gasteiger partial charge in [0.05, 0.1) is 0 Å². The van der Waals surface area contributed by atoms with Crippen LogP contribution in [0.2, 0.25) is 0 Å². The Hall–Kier alpha value is -2.89. The molecule has 1 unspecified atom stereocenters. The predicted molar refractivity (Wildman–Crippen MR) is 270 cm³/mol. The van der Waals surface area contributed by atoms with Crippen molar-refractivity contribution in [1.29, 1.82) is 0 Å². The van der Waals surface area contributed by atoms with Crippen LogP contribution in [0, 0.1) is 0 Å². The minimum Gasteiger partial charge on any atom is -0.462 e. The summed E-state index contributed by atoms with van der Waals surface area (Å²) in [6.45, 7) is 6.51. The summed E-state index contributed by atoms with van der Waals surface area (Å²) in [6, 6.07) is 0. The van der Waals surface area contributed by atoms with Crippen LogP contribution in [0.1, 0.15) is 265 Å².